The lowest BCUT2D eigenvalue weighted by atomic mass is 10.2. The number of hydrogen-bond donors (Lipinski definition) is 1. The van der Waals surface area contributed by atoms with Crippen molar-refractivity contribution >= 4 is 44.2 Å². The van der Waals surface area contributed by atoms with Gasteiger partial charge in [0, 0.05) is 12.2 Å². The van der Waals surface area contributed by atoms with Crippen molar-refractivity contribution < 1.29 is 8.78 Å². The van der Waals surface area contributed by atoms with E-state index in [1.165, 1.54) is 6.07 Å². The van der Waals surface area contributed by atoms with Gasteiger partial charge in [0.1, 0.15) is 21.8 Å². The van der Waals surface area contributed by atoms with Crippen molar-refractivity contribution in [1.29, 1.82) is 0 Å². The summed E-state index contributed by atoms with van der Waals surface area (Å²) >= 11 is 5.24. The van der Waals surface area contributed by atoms with Gasteiger partial charge in [-0.25, -0.2) is 8.78 Å². The van der Waals surface area contributed by atoms with Gasteiger partial charge < -0.3 is 5.32 Å². The highest BCUT2D eigenvalue weighted by molar-refractivity contribution is 14.1. The van der Waals surface area contributed by atoms with Gasteiger partial charge in [-0.3, -0.25) is 9.36 Å². The molecule has 2 aromatic rings. The van der Waals surface area contributed by atoms with Crippen LogP contribution in [0, 0.1) is 22.1 Å². The minimum Gasteiger partial charge on any atom is -0.380 e. The van der Waals surface area contributed by atoms with Gasteiger partial charge in [-0.15, -0.1) is 6.58 Å². The van der Waals surface area contributed by atoms with Crippen molar-refractivity contribution in [2.75, 3.05) is 11.9 Å². The molecular formula is C15H12BrF2IN2O. The quantitative estimate of drug-likeness (QED) is 0.520. The Morgan fingerprint density at radius 3 is 2.55 bits per heavy atom. The van der Waals surface area contributed by atoms with Crippen molar-refractivity contribution in [2.45, 2.75) is 6.92 Å². The summed E-state index contributed by atoms with van der Waals surface area (Å²) in [7, 11) is 0. The Kier molecular flexibility index (Phi) is 5.38. The highest BCUT2D eigenvalue weighted by Gasteiger charge is 2.21. The second kappa shape index (κ2) is 6.91. The van der Waals surface area contributed by atoms with E-state index < -0.39 is 17.2 Å². The third kappa shape index (κ3) is 2.96. The standard InChI is InChI=1S/C15H12BrF2IN2O/c1-3-7-20-13-11(16)15(22)21(8(2)12(13)19)14-9(17)5-4-6-10(14)18/h3-6,20H,1,7H2,2H3. The lowest BCUT2D eigenvalue weighted by Gasteiger charge is -2.18. The molecule has 1 aromatic heterocycles. The average Bonchev–Trinajstić information content (AvgIpc) is 2.48. The van der Waals surface area contributed by atoms with Gasteiger partial charge in [0.05, 0.1) is 9.26 Å². The van der Waals surface area contributed by atoms with E-state index in [0.29, 0.717) is 21.5 Å². The van der Waals surface area contributed by atoms with E-state index in [1.54, 1.807) is 13.0 Å². The van der Waals surface area contributed by atoms with Gasteiger partial charge in [-0.1, -0.05) is 12.1 Å². The molecule has 0 saturated heterocycles. The number of hydrogen-bond acceptors (Lipinski definition) is 2. The molecule has 1 aromatic carbocycles. The van der Waals surface area contributed by atoms with Crippen molar-refractivity contribution in [3.05, 3.63) is 66.6 Å². The molecule has 0 unspecified atom stereocenters. The SMILES string of the molecule is C=CCNc1c(I)c(C)n(-c2c(F)cccc2F)c(=O)c1Br. The predicted octanol–water partition coefficient (Wildman–Crippen LogP) is 4.39. The average molecular weight is 481 g/mol. The molecule has 0 aliphatic rings. The van der Waals surface area contributed by atoms with Crippen LogP contribution in [-0.2, 0) is 0 Å². The molecule has 0 aliphatic heterocycles. The largest absolute Gasteiger partial charge is 0.380 e. The van der Waals surface area contributed by atoms with Crippen LogP contribution in [0.5, 0.6) is 0 Å². The maximum atomic E-state index is 14.0. The fraction of sp³-hybridized carbons (Fsp3) is 0.133. The van der Waals surface area contributed by atoms with E-state index in [0.717, 1.165) is 16.7 Å². The Morgan fingerprint density at radius 1 is 1.41 bits per heavy atom. The molecule has 0 aliphatic carbocycles. The van der Waals surface area contributed by atoms with Crippen molar-refractivity contribution in [2.24, 2.45) is 0 Å². The van der Waals surface area contributed by atoms with E-state index in [-0.39, 0.29) is 10.2 Å². The van der Waals surface area contributed by atoms with Crippen LogP contribution < -0.4 is 10.9 Å². The molecule has 0 radical (unpaired) electrons. The van der Waals surface area contributed by atoms with Crippen LogP contribution in [0.4, 0.5) is 14.5 Å². The summed E-state index contributed by atoms with van der Waals surface area (Å²) in [4.78, 5) is 12.5. The third-order valence-electron chi connectivity index (χ3n) is 3.07. The molecule has 116 valence electrons. The summed E-state index contributed by atoms with van der Waals surface area (Å²) in [5.41, 5.74) is 0.118. The highest BCUT2D eigenvalue weighted by atomic mass is 127. The summed E-state index contributed by atoms with van der Waals surface area (Å²) in [5, 5.41) is 3.05. The number of pyridine rings is 1. The molecule has 0 spiro atoms. The summed E-state index contributed by atoms with van der Waals surface area (Å²) in [6, 6.07) is 3.50. The topological polar surface area (TPSA) is 34.0 Å². The Bertz CT molecular complexity index is 785. The Hall–Kier alpha value is -1.22. The van der Waals surface area contributed by atoms with E-state index in [1.807, 2.05) is 22.6 Å². The number of halogens is 4. The molecule has 1 N–H and O–H groups in total. The summed E-state index contributed by atoms with van der Waals surface area (Å²) in [5.74, 6) is -1.58. The molecule has 22 heavy (non-hydrogen) atoms. The zero-order valence-corrected chi connectivity index (χ0v) is 15.3. The van der Waals surface area contributed by atoms with Crippen molar-refractivity contribution in [1.82, 2.24) is 4.57 Å². The fourth-order valence-corrected chi connectivity index (χ4v) is 3.62. The summed E-state index contributed by atoms with van der Waals surface area (Å²) < 4.78 is 30.0. The van der Waals surface area contributed by atoms with Crippen LogP contribution in [0.2, 0.25) is 0 Å². The van der Waals surface area contributed by atoms with Gasteiger partial charge in [-0.2, -0.15) is 0 Å². The minimum atomic E-state index is -0.792. The summed E-state index contributed by atoms with van der Waals surface area (Å²) in [6.45, 7) is 5.71. The Balaban J connectivity index is 2.80. The van der Waals surface area contributed by atoms with Crippen LogP contribution in [0.15, 0.2) is 40.1 Å². The zero-order valence-electron chi connectivity index (χ0n) is 11.6. The maximum Gasteiger partial charge on any atom is 0.271 e. The molecule has 3 nitrogen and oxygen atoms in total. The molecule has 7 heteroatoms. The van der Waals surface area contributed by atoms with Gasteiger partial charge in [0.2, 0.25) is 0 Å². The lowest BCUT2D eigenvalue weighted by molar-refractivity contribution is 0.564. The van der Waals surface area contributed by atoms with Gasteiger partial charge in [-0.05, 0) is 57.6 Å². The molecule has 0 bridgehead atoms. The number of rotatable bonds is 4. The first-order valence-electron chi connectivity index (χ1n) is 6.29. The molecule has 0 amide bonds. The minimum absolute atomic E-state index is 0.215. The van der Waals surface area contributed by atoms with E-state index in [4.69, 9.17) is 0 Å². The smallest absolute Gasteiger partial charge is 0.271 e. The van der Waals surface area contributed by atoms with Crippen LogP contribution in [0.3, 0.4) is 0 Å². The molecule has 0 fully saturated rings. The second-order valence-corrected chi connectivity index (χ2v) is 6.34. The Morgan fingerprint density at radius 2 is 2.00 bits per heavy atom. The van der Waals surface area contributed by atoms with Crippen LogP contribution in [0.25, 0.3) is 5.69 Å². The van der Waals surface area contributed by atoms with E-state index in [9.17, 15) is 13.6 Å². The van der Waals surface area contributed by atoms with Crippen LogP contribution >= 0.6 is 38.5 Å². The first kappa shape index (κ1) is 17.1. The molecular weight excluding hydrogens is 469 g/mol. The van der Waals surface area contributed by atoms with Gasteiger partial charge >= 0.3 is 0 Å². The van der Waals surface area contributed by atoms with Gasteiger partial charge in [0.25, 0.3) is 5.56 Å². The van der Waals surface area contributed by atoms with E-state index in [2.05, 4.69) is 27.8 Å². The lowest BCUT2D eigenvalue weighted by Crippen LogP contribution is -2.26. The molecule has 0 atom stereocenters. The second-order valence-electron chi connectivity index (χ2n) is 4.47. The number of para-hydroxylation sites is 1. The first-order valence-corrected chi connectivity index (χ1v) is 8.17. The summed E-state index contributed by atoms with van der Waals surface area (Å²) in [6.07, 6.45) is 1.65. The van der Waals surface area contributed by atoms with Gasteiger partial charge in [0.15, 0.2) is 0 Å². The number of aromatic nitrogens is 1. The molecule has 2 rings (SSSR count). The number of benzene rings is 1. The van der Waals surface area contributed by atoms with Crippen LogP contribution in [0.1, 0.15) is 5.69 Å². The molecule has 1 heterocycles. The zero-order chi connectivity index (χ0) is 16.4. The van der Waals surface area contributed by atoms with Crippen molar-refractivity contribution in [3.63, 3.8) is 0 Å². The number of nitrogens with one attached hydrogen (secondary N) is 1. The highest BCUT2D eigenvalue weighted by Crippen LogP contribution is 2.30. The predicted molar refractivity (Wildman–Crippen MR) is 95.8 cm³/mol. The monoisotopic (exact) mass is 480 g/mol. The first-order chi connectivity index (χ1) is 10.4. The fourth-order valence-electron chi connectivity index (χ4n) is 2.03. The number of nitrogens with zero attached hydrogens (tertiary/aromatic N) is 1. The third-order valence-corrected chi connectivity index (χ3v) is 5.12. The molecule has 0 saturated carbocycles. The number of anilines is 1. The normalized spacial score (nSPS) is 10.6. The maximum absolute atomic E-state index is 14.0. The van der Waals surface area contributed by atoms with E-state index >= 15 is 0 Å². The Labute approximate surface area is 148 Å². The van der Waals surface area contributed by atoms with Crippen molar-refractivity contribution in [3.8, 4) is 5.69 Å². The van der Waals surface area contributed by atoms with Crippen LogP contribution in [-0.4, -0.2) is 11.1 Å².